The smallest absolute Gasteiger partial charge is 0.207 e. The van der Waals surface area contributed by atoms with Crippen molar-refractivity contribution in [2.45, 2.75) is 11.9 Å². The summed E-state index contributed by atoms with van der Waals surface area (Å²) in [5.41, 5.74) is 1.87. The molecule has 0 saturated carbocycles. The normalized spacial score (nSPS) is 25.2. The Hall–Kier alpha value is -0.580. The van der Waals surface area contributed by atoms with Gasteiger partial charge in [-0.05, 0) is 17.7 Å². The first kappa shape index (κ1) is 15.3. The zero-order valence-electron chi connectivity index (χ0n) is 11.1. The zero-order valence-corrected chi connectivity index (χ0v) is 14.2. The van der Waals surface area contributed by atoms with Gasteiger partial charge in [0, 0.05) is 10.6 Å². The van der Waals surface area contributed by atoms with Crippen molar-refractivity contribution in [1.82, 2.24) is 0 Å². The van der Waals surface area contributed by atoms with E-state index >= 15 is 0 Å². The van der Waals surface area contributed by atoms with Crippen molar-refractivity contribution >= 4 is 39.1 Å². The Labute approximate surface area is 142 Å². The van der Waals surface area contributed by atoms with E-state index in [0.717, 1.165) is 11.1 Å². The molecule has 0 aromatic heterocycles. The largest absolute Gasteiger partial charge is 0.342 e. The van der Waals surface area contributed by atoms with E-state index in [-0.39, 0.29) is 6.10 Å². The van der Waals surface area contributed by atoms with Gasteiger partial charge in [0.1, 0.15) is 6.10 Å². The maximum Gasteiger partial charge on any atom is 0.207 e. The first-order chi connectivity index (χ1) is 10.1. The molecule has 1 saturated heterocycles. The van der Waals surface area contributed by atoms with Crippen LogP contribution in [0.4, 0.5) is 0 Å². The van der Waals surface area contributed by atoms with Crippen LogP contribution in [0, 0.1) is 0 Å². The molecule has 1 heterocycles. The third kappa shape index (κ3) is 2.99. The first-order valence-electron chi connectivity index (χ1n) is 6.53. The van der Waals surface area contributed by atoms with Crippen LogP contribution in [0.5, 0.6) is 0 Å². The van der Waals surface area contributed by atoms with E-state index in [0.29, 0.717) is 22.0 Å². The maximum absolute atomic E-state index is 6.31. The van der Waals surface area contributed by atoms with Crippen LogP contribution in [0.15, 0.2) is 48.5 Å². The van der Waals surface area contributed by atoms with Crippen molar-refractivity contribution < 1.29 is 9.47 Å². The molecule has 5 heteroatoms. The van der Waals surface area contributed by atoms with Crippen molar-refractivity contribution in [3.63, 3.8) is 0 Å². The predicted molar refractivity (Wildman–Crippen MR) is 88.2 cm³/mol. The summed E-state index contributed by atoms with van der Waals surface area (Å²) in [6, 6.07) is 15.3. The Morgan fingerprint density at radius 3 is 2.57 bits per heavy atom. The molecule has 0 bridgehead atoms. The molecule has 0 N–H and O–H groups in total. The molecule has 2 atom stereocenters. The predicted octanol–water partition coefficient (Wildman–Crippen LogP) is 5.33. The van der Waals surface area contributed by atoms with Gasteiger partial charge in [0.2, 0.25) is 5.79 Å². The molecule has 0 unspecified atom stereocenters. The van der Waals surface area contributed by atoms with Gasteiger partial charge in [-0.15, -0.1) is 0 Å². The van der Waals surface area contributed by atoms with Crippen molar-refractivity contribution in [3.8, 4) is 0 Å². The fourth-order valence-corrected chi connectivity index (χ4v) is 3.57. The topological polar surface area (TPSA) is 18.5 Å². The molecule has 110 valence electrons. The number of alkyl halides is 1. The average molecular weight is 388 g/mol. The monoisotopic (exact) mass is 386 g/mol. The highest BCUT2D eigenvalue weighted by atomic mass is 79.9. The Kier molecular flexibility index (Phi) is 4.57. The molecule has 2 nitrogen and oxygen atoms in total. The molecule has 21 heavy (non-hydrogen) atoms. The van der Waals surface area contributed by atoms with Gasteiger partial charge in [0.05, 0.1) is 17.0 Å². The van der Waals surface area contributed by atoms with Gasteiger partial charge in [-0.3, -0.25) is 0 Å². The van der Waals surface area contributed by atoms with E-state index < -0.39 is 5.79 Å². The van der Waals surface area contributed by atoms with Gasteiger partial charge in [-0.2, -0.15) is 0 Å². The fourth-order valence-electron chi connectivity index (χ4n) is 2.42. The molecule has 2 aromatic rings. The Morgan fingerprint density at radius 2 is 1.90 bits per heavy atom. The lowest BCUT2D eigenvalue weighted by Crippen LogP contribution is -2.29. The van der Waals surface area contributed by atoms with Gasteiger partial charge >= 0.3 is 0 Å². The van der Waals surface area contributed by atoms with Crippen LogP contribution in [-0.2, 0) is 15.3 Å². The van der Waals surface area contributed by atoms with E-state index in [2.05, 4.69) is 15.9 Å². The second kappa shape index (κ2) is 6.27. The van der Waals surface area contributed by atoms with Crippen LogP contribution in [-0.4, -0.2) is 11.9 Å². The van der Waals surface area contributed by atoms with Crippen LogP contribution in [0.1, 0.15) is 17.2 Å². The van der Waals surface area contributed by atoms with E-state index in [1.165, 1.54) is 0 Å². The quantitative estimate of drug-likeness (QED) is 0.662. The van der Waals surface area contributed by atoms with Gasteiger partial charge in [-0.1, -0.05) is 75.5 Å². The maximum atomic E-state index is 6.31. The summed E-state index contributed by atoms with van der Waals surface area (Å²) in [6.45, 7) is 0.481. The second-order valence-electron chi connectivity index (χ2n) is 4.84. The lowest BCUT2D eigenvalue weighted by molar-refractivity contribution is -0.157. The molecule has 3 rings (SSSR count). The van der Waals surface area contributed by atoms with Crippen LogP contribution < -0.4 is 0 Å². The highest BCUT2D eigenvalue weighted by molar-refractivity contribution is 9.09. The molecule has 0 aliphatic carbocycles. The second-order valence-corrected chi connectivity index (χ2v) is 6.24. The molecule has 1 aliphatic heterocycles. The number of hydrogen-bond donors (Lipinski definition) is 0. The van der Waals surface area contributed by atoms with E-state index in [1.54, 1.807) is 12.1 Å². The van der Waals surface area contributed by atoms with Crippen LogP contribution in [0.2, 0.25) is 10.0 Å². The van der Waals surface area contributed by atoms with Crippen LogP contribution in [0.3, 0.4) is 0 Å². The van der Waals surface area contributed by atoms with E-state index in [4.69, 9.17) is 32.7 Å². The number of rotatable bonds is 3. The summed E-state index contributed by atoms with van der Waals surface area (Å²) in [6.07, 6.45) is -0.115. The third-order valence-corrected chi connectivity index (χ3v) is 4.78. The minimum Gasteiger partial charge on any atom is -0.342 e. The minimum absolute atomic E-state index is 0.115. The molecule has 0 spiro atoms. The Balaban J connectivity index is 1.92. The summed E-state index contributed by atoms with van der Waals surface area (Å²) in [7, 11) is 0. The lowest BCUT2D eigenvalue weighted by atomic mass is 10.1. The van der Waals surface area contributed by atoms with Gasteiger partial charge < -0.3 is 9.47 Å². The number of benzene rings is 2. The van der Waals surface area contributed by atoms with Crippen LogP contribution in [0.25, 0.3) is 0 Å². The Bertz CT molecular complexity index is 635. The summed E-state index contributed by atoms with van der Waals surface area (Å²) in [5.74, 6) is -0.887. The molecule has 1 fully saturated rings. The fraction of sp³-hybridized carbons (Fsp3) is 0.250. The molecule has 0 radical (unpaired) electrons. The van der Waals surface area contributed by atoms with Gasteiger partial charge in [0.15, 0.2) is 0 Å². The number of hydrogen-bond acceptors (Lipinski definition) is 2. The van der Waals surface area contributed by atoms with Crippen molar-refractivity contribution in [1.29, 1.82) is 0 Å². The molecule has 2 aromatic carbocycles. The number of halogens is 3. The number of ether oxygens (including phenoxy) is 2. The van der Waals surface area contributed by atoms with Crippen LogP contribution >= 0.6 is 39.1 Å². The Morgan fingerprint density at radius 1 is 1.14 bits per heavy atom. The highest BCUT2D eigenvalue weighted by Gasteiger charge is 2.44. The van der Waals surface area contributed by atoms with Crippen molar-refractivity contribution in [3.05, 3.63) is 69.7 Å². The molecular weight excluding hydrogens is 375 g/mol. The standard InChI is InChI=1S/C16H13BrCl2O2/c17-10-16(13-7-6-12(18)8-14(13)19)20-9-15(21-16)11-4-2-1-3-5-11/h1-8,15H,9-10H2/t15-,16-/m1/s1. The zero-order chi connectivity index (χ0) is 14.9. The molecule has 1 aliphatic rings. The highest BCUT2D eigenvalue weighted by Crippen LogP contribution is 2.44. The van der Waals surface area contributed by atoms with E-state index in [9.17, 15) is 0 Å². The molecule has 0 amide bonds. The first-order valence-corrected chi connectivity index (χ1v) is 8.40. The molecular formula is C16H13BrCl2O2. The average Bonchev–Trinajstić information content (AvgIpc) is 2.94. The van der Waals surface area contributed by atoms with Crippen molar-refractivity contribution in [2.24, 2.45) is 0 Å². The third-order valence-electron chi connectivity index (χ3n) is 3.49. The van der Waals surface area contributed by atoms with E-state index in [1.807, 2.05) is 36.4 Å². The summed E-state index contributed by atoms with van der Waals surface area (Å²) in [5, 5.41) is 1.62. The summed E-state index contributed by atoms with van der Waals surface area (Å²) in [4.78, 5) is 0. The van der Waals surface area contributed by atoms with Crippen molar-refractivity contribution in [2.75, 3.05) is 11.9 Å². The summed E-state index contributed by atoms with van der Waals surface area (Å²) >= 11 is 15.7. The lowest BCUT2D eigenvalue weighted by Gasteiger charge is -2.27. The van der Waals surface area contributed by atoms with Gasteiger partial charge in [-0.25, -0.2) is 0 Å². The van der Waals surface area contributed by atoms with Gasteiger partial charge in [0.25, 0.3) is 0 Å². The summed E-state index contributed by atoms with van der Waals surface area (Å²) < 4.78 is 12.2. The SMILES string of the molecule is Clc1ccc([C@]2(CBr)OC[C@H](c3ccccc3)O2)c(Cl)c1. The minimum atomic E-state index is -0.887.